The molecule has 1 N–H and O–H groups in total. The lowest BCUT2D eigenvalue weighted by molar-refractivity contribution is -0.144. The average Bonchev–Trinajstić information content (AvgIpc) is 2.06. The van der Waals surface area contributed by atoms with Crippen molar-refractivity contribution < 1.29 is 23.5 Å². The second-order valence-electron chi connectivity index (χ2n) is 4.88. The van der Waals surface area contributed by atoms with Crippen LogP contribution in [0.15, 0.2) is 0 Å². The zero-order valence-corrected chi connectivity index (χ0v) is 10.3. The van der Waals surface area contributed by atoms with Gasteiger partial charge in [0.25, 0.3) is 0 Å². The highest BCUT2D eigenvalue weighted by Gasteiger charge is 2.32. The van der Waals surface area contributed by atoms with Crippen LogP contribution in [0.2, 0.25) is 0 Å². The van der Waals surface area contributed by atoms with Crippen molar-refractivity contribution in [3.8, 4) is 0 Å². The molecule has 0 aliphatic heterocycles. The molecule has 1 amide bonds. The average molecular weight is 234 g/mol. The molecule has 0 saturated heterocycles. The van der Waals surface area contributed by atoms with Crippen molar-refractivity contribution in [3.63, 3.8) is 0 Å². The number of nitrogens with zero attached hydrogens (tertiary/aromatic N) is 1. The van der Waals surface area contributed by atoms with Gasteiger partial charge in [-0.1, -0.05) is 13.8 Å². The van der Waals surface area contributed by atoms with Crippen molar-refractivity contribution in [2.24, 2.45) is 5.92 Å². The third-order valence-electron chi connectivity index (χ3n) is 1.75. The lowest BCUT2D eigenvalue weighted by atomic mass is 10.0. The van der Waals surface area contributed by atoms with Crippen molar-refractivity contribution in [2.45, 2.75) is 46.3 Å². The van der Waals surface area contributed by atoms with Crippen molar-refractivity contribution in [1.29, 1.82) is 0 Å². The molecule has 0 aromatic carbocycles. The van der Waals surface area contributed by atoms with Crippen molar-refractivity contribution >= 4 is 12.1 Å². The Hall–Kier alpha value is -1.26. The third-order valence-corrected chi connectivity index (χ3v) is 1.75. The molecule has 16 heavy (non-hydrogen) atoms. The highest BCUT2D eigenvalue weighted by Crippen LogP contribution is 2.14. The zero-order valence-electron chi connectivity index (χ0n) is 13.3. The summed E-state index contributed by atoms with van der Waals surface area (Å²) in [6, 6.07) is -1.47. The molecule has 0 radical (unpaired) electrons. The molecule has 0 aromatic heterocycles. The number of amides is 1. The summed E-state index contributed by atoms with van der Waals surface area (Å²) in [4.78, 5) is 23.4. The fourth-order valence-electron chi connectivity index (χ4n) is 1.12. The Morgan fingerprint density at radius 3 is 2.12 bits per heavy atom. The maximum Gasteiger partial charge on any atom is 0.410 e. The molecule has 0 fully saturated rings. The molecule has 0 spiro atoms. The van der Waals surface area contributed by atoms with E-state index in [1.54, 1.807) is 20.8 Å². The number of carbonyl (C=O) groups excluding carboxylic acids is 1. The number of carboxylic acids is 1. The maximum absolute atomic E-state index is 11.9. The molecule has 1 atom stereocenters. The quantitative estimate of drug-likeness (QED) is 0.810. The fourth-order valence-corrected chi connectivity index (χ4v) is 1.12. The fraction of sp³-hybridized carbons (Fsp3) is 0.818. The Labute approximate surface area is 101 Å². The van der Waals surface area contributed by atoms with E-state index in [-0.39, 0.29) is 0 Å². The molecule has 94 valence electrons. The number of aliphatic carboxylic acids is 1. The molecule has 5 nitrogen and oxygen atoms in total. The monoisotopic (exact) mass is 234 g/mol. The van der Waals surface area contributed by atoms with E-state index in [2.05, 4.69) is 0 Å². The Balaban J connectivity index is 5.45. The first kappa shape index (κ1) is 9.93. The van der Waals surface area contributed by atoms with Gasteiger partial charge in [-0.3, -0.25) is 4.90 Å². The van der Waals surface area contributed by atoms with Gasteiger partial charge >= 0.3 is 12.1 Å². The molecule has 0 saturated carbocycles. The summed E-state index contributed by atoms with van der Waals surface area (Å²) in [5.74, 6) is -1.94. The van der Waals surface area contributed by atoms with E-state index in [1.807, 2.05) is 0 Å². The van der Waals surface area contributed by atoms with Gasteiger partial charge in [0.05, 0.1) is 0 Å². The van der Waals surface area contributed by atoms with Crippen LogP contribution in [0.5, 0.6) is 0 Å². The lowest BCUT2D eigenvalue weighted by Gasteiger charge is -2.30. The minimum absolute atomic E-state index is 0.311. The Morgan fingerprint density at radius 1 is 1.38 bits per heavy atom. The highest BCUT2D eigenvalue weighted by molar-refractivity contribution is 5.80. The summed E-state index contributed by atoms with van der Waals surface area (Å²) in [5, 5.41) is 9.13. The van der Waals surface area contributed by atoms with E-state index < -0.39 is 36.6 Å². The SMILES string of the molecule is [2H]C([2H])([2H])N(C(=O)OC(C)(C)C)[C@H](C(=O)O)C(C)C. The topological polar surface area (TPSA) is 66.8 Å². The zero-order chi connectivity index (χ0) is 15.6. The van der Waals surface area contributed by atoms with Crippen LogP contribution < -0.4 is 0 Å². The molecule has 0 aliphatic carbocycles. The Morgan fingerprint density at radius 2 is 1.88 bits per heavy atom. The predicted molar refractivity (Wildman–Crippen MR) is 60.3 cm³/mol. The van der Waals surface area contributed by atoms with Gasteiger partial charge in [-0.05, 0) is 26.7 Å². The van der Waals surface area contributed by atoms with Gasteiger partial charge in [0.2, 0.25) is 0 Å². The molecule has 0 heterocycles. The van der Waals surface area contributed by atoms with Crippen LogP contribution in [0.25, 0.3) is 0 Å². The number of hydrogen-bond acceptors (Lipinski definition) is 3. The van der Waals surface area contributed by atoms with Crippen LogP contribution in [0.3, 0.4) is 0 Å². The largest absolute Gasteiger partial charge is 0.480 e. The van der Waals surface area contributed by atoms with Gasteiger partial charge < -0.3 is 9.84 Å². The molecule has 0 rings (SSSR count). The molecular weight excluding hydrogens is 210 g/mol. The van der Waals surface area contributed by atoms with Crippen LogP contribution in [0, 0.1) is 5.92 Å². The molecule has 0 unspecified atom stereocenters. The second-order valence-corrected chi connectivity index (χ2v) is 4.88. The summed E-state index contributed by atoms with van der Waals surface area (Å²) in [6.07, 6.45) is -1.16. The van der Waals surface area contributed by atoms with Crippen LogP contribution in [-0.4, -0.2) is 40.7 Å². The van der Waals surface area contributed by atoms with E-state index >= 15 is 0 Å². The van der Waals surface area contributed by atoms with Gasteiger partial charge in [-0.15, -0.1) is 0 Å². The van der Waals surface area contributed by atoms with Crippen molar-refractivity contribution in [3.05, 3.63) is 0 Å². The minimum Gasteiger partial charge on any atom is -0.480 e. The number of likely N-dealkylation sites (N-methyl/N-ethyl adjacent to an activating group) is 1. The molecule has 0 bridgehead atoms. The first-order chi connectivity index (χ1) is 8.27. The van der Waals surface area contributed by atoms with Gasteiger partial charge in [-0.2, -0.15) is 0 Å². The first-order valence-corrected chi connectivity index (χ1v) is 5.02. The predicted octanol–water partition coefficient (Wildman–Crippen LogP) is 1.96. The summed E-state index contributed by atoms with van der Waals surface area (Å²) in [7, 11) is 0. The standard InChI is InChI=1S/C11H21NO4/c1-7(2)8(9(13)14)12(6)10(15)16-11(3,4)5/h7-8H,1-6H3,(H,13,14)/t8-/m0/s1/i6D3. The molecule has 0 aliphatic rings. The van der Waals surface area contributed by atoms with Crippen LogP contribution in [0.4, 0.5) is 4.79 Å². The van der Waals surface area contributed by atoms with Crippen molar-refractivity contribution in [2.75, 3.05) is 6.98 Å². The Bertz CT molecular complexity index is 347. The number of ether oxygens (including phenoxy) is 1. The molecular formula is C11H21NO4. The maximum atomic E-state index is 11.9. The number of carboxylic acid groups (broad SMARTS) is 1. The van der Waals surface area contributed by atoms with Gasteiger partial charge in [0.1, 0.15) is 11.6 Å². The summed E-state index contributed by atoms with van der Waals surface area (Å²) in [6.45, 7) is 4.91. The van der Waals surface area contributed by atoms with Gasteiger partial charge in [0.15, 0.2) is 0 Å². The number of rotatable bonds is 3. The number of hydrogen-bond donors (Lipinski definition) is 1. The van der Waals surface area contributed by atoms with E-state index in [9.17, 15) is 9.59 Å². The van der Waals surface area contributed by atoms with Crippen molar-refractivity contribution in [1.82, 2.24) is 4.90 Å². The highest BCUT2D eigenvalue weighted by atomic mass is 16.6. The third kappa shape index (κ3) is 4.51. The summed E-state index contributed by atoms with van der Waals surface area (Å²) >= 11 is 0. The Kier molecular flexibility index (Phi) is 3.22. The van der Waals surface area contributed by atoms with Crippen LogP contribution >= 0.6 is 0 Å². The normalized spacial score (nSPS) is 17.0. The molecule has 5 heteroatoms. The van der Waals surface area contributed by atoms with E-state index in [0.29, 0.717) is 4.90 Å². The first-order valence-electron chi connectivity index (χ1n) is 6.52. The lowest BCUT2D eigenvalue weighted by Crippen LogP contribution is -2.47. The van der Waals surface area contributed by atoms with E-state index in [0.717, 1.165) is 0 Å². The second kappa shape index (κ2) is 5.18. The van der Waals surface area contributed by atoms with E-state index in [1.165, 1.54) is 13.8 Å². The van der Waals surface area contributed by atoms with E-state index in [4.69, 9.17) is 14.0 Å². The van der Waals surface area contributed by atoms with Gasteiger partial charge in [0, 0.05) is 11.1 Å². The smallest absolute Gasteiger partial charge is 0.410 e. The van der Waals surface area contributed by atoms with Gasteiger partial charge in [-0.25, -0.2) is 9.59 Å². The summed E-state index contributed by atoms with van der Waals surface area (Å²) in [5.41, 5.74) is -0.902. The van der Waals surface area contributed by atoms with Crippen LogP contribution in [-0.2, 0) is 9.53 Å². The number of carbonyl (C=O) groups is 2. The van der Waals surface area contributed by atoms with Crippen LogP contribution in [0.1, 0.15) is 38.7 Å². The summed E-state index contributed by atoms with van der Waals surface area (Å²) < 4.78 is 27.0. The molecule has 0 aromatic rings. The minimum atomic E-state index is -2.88.